The Morgan fingerprint density at radius 1 is 1.47 bits per heavy atom. The number of rotatable bonds is 2. The van der Waals surface area contributed by atoms with E-state index in [0.717, 1.165) is 27.3 Å². The fraction of sp³-hybridized carbons (Fsp3) is 0.182. The van der Waals surface area contributed by atoms with Crippen LogP contribution in [0, 0.1) is 6.92 Å². The second-order valence-electron chi connectivity index (χ2n) is 3.31. The van der Waals surface area contributed by atoms with Gasteiger partial charge in [-0.15, -0.1) is 0 Å². The second-order valence-corrected chi connectivity index (χ2v) is 4.25. The molecule has 0 spiro atoms. The molecule has 2 aromatic rings. The van der Waals surface area contributed by atoms with Crippen LogP contribution in [0.15, 0.2) is 30.7 Å². The first kappa shape index (κ1) is 10.7. The summed E-state index contributed by atoms with van der Waals surface area (Å²) in [6.45, 7) is 1.99. The van der Waals surface area contributed by atoms with Crippen LogP contribution in [0.4, 0.5) is 0 Å². The van der Waals surface area contributed by atoms with Gasteiger partial charge in [0.25, 0.3) is 0 Å². The largest absolute Gasteiger partial charge is 0.304 e. The third-order valence-electron chi connectivity index (χ3n) is 2.22. The maximum absolute atomic E-state index is 6.22. The molecule has 0 bridgehead atoms. The van der Waals surface area contributed by atoms with Crippen molar-refractivity contribution in [1.82, 2.24) is 9.55 Å². The maximum atomic E-state index is 6.22. The number of aromatic nitrogens is 2. The first-order valence-corrected chi connectivity index (χ1v) is 6.06. The molecule has 0 amide bonds. The van der Waals surface area contributed by atoms with Gasteiger partial charge in [0.05, 0.1) is 22.7 Å². The zero-order valence-corrected chi connectivity index (χ0v) is 10.6. The summed E-state index contributed by atoms with van der Waals surface area (Å²) in [6.07, 6.45) is 3.74. The molecule has 78 valence electrons. The van der Waals surface area contributed by atoms with E-state index in [1.165, 1.54) is 0 Å². The van der Waals surface area contributed by atoms with Crippen molar-refractivity contribution >= 4 is 27.5 Å². The normalized spacial score (nSPS) is 10.6. The Morgan fingerprint density at radius 2 is 2.27 bits per heavy atom. The molecule has 0 aliphatic heterocycles. The number of hydrogen-bond acceptors (Lipinski definition) is 1. The highest BCUT2D eigenvalue weighted by Crippen LogP contribution is 2.24. The van der Waals surface area contributed by atoms with Crippen molar-refractivity contribution in [2.45, 2.75) is 12.3 Å². The van der Waals surface area contributed by atoms with E-state index in [9.17, 15) is 0 Å². The van der Waals surface area contributed by atoms with Crippen molar-refractivity contribution in [1.29, 1.82) is 0 Å². The van der Waals surface area contributed by atoms with Crippen LogP contribution in [0.1, 0.15) is 11.3 Å². The Hall–Kier alpha value is -0.800. The maximum Gasteiger partial charge on any atom is 0.0996 e. The molecule has 0 N–H and O–H groups in total. The van der Waals surface area contributed by atoms with Crippen molar-refractivity contribution in [3.8, 4) is 5.69 Å². The predicted molar refractivity (Wildman–Crippen MR) is 65.9 cm³/mol. The van der Waals surface area contributed by atoms with Gasteiger partial charge >= 0.3 is 0 Å². The fourth-order valence-electron chi connectivity index (χ4n) is 1.40. The highest BCUT2D eigenvalue weighted by atomic mass is 79.9. The Bertz CT molecular complexity index is 479. The van der Waals surface area contributed by atoms with Crippen LogP contribution in [0.5, 0.6) is 0 Å². The molecule has 1 heterocycles. The highest BCUT2D eigenvalue weighted by molar-refractivity contribution is 9.08. The Morgan fingerprint density at radius 3 is 2.93 bits per heavy atom. The first-order chi connectivity index (χ1) is 7.22. The van der Waals surface area contributed by atoms with Crippen LogP contribution >= 0.6 is 27.5 Å². The van der Waals surface area contributed by atoms with Gasteiger partial charge in [-0.1, -0.05) is 39.7 Å². The quantitative estimate of drug-likeness (QED) is 0.769. The number of benzene rings is 1. The Labute approximate surface area is 102 Å². The number of halogens is 2. The summed E-state index contributed by atoms with van der Waals surface area (Å²) in [4.78, 5) is 4.24. The fourth-order valence-corrected chi connectivity index (χ4v) is 1.91. The molecule has 1 aromatic carbocycles. The topological polar surface area (TPSA) is 17.8 Å². The number of alkyl halides is 1. The van der Waals surface area contributed by atoms with Gasteiger partial charge in [0, 0.05) is 11.5 Å². The molecule has 15 heavy (non-hydrogen) atoms. The lowest BCUT2D eigenvalue weighted by Gasteiger charge is -2.06. The van der Waals surface area contributed by atoms with Crippen LogP contribution < -0.4 is 0 Å². The van der Waals surface area contributed by atoms with Gasteiger partial charge in [0.2, 0.25) is 0 Å². The number of aryl methyl sites for hydroxylation is 1. The molecule has 0 unspecified atom stereocenters. The van der Waals surface area contributed by atoms with Gasteiger partial charge in [0.15, 0.2) is 0 Å². The van der Waals surface area contributed by atoms with E-state index in [-0.39, 0.29) is 0 Å². The van der Waals surface area contributed by atoms with Crippen LogP contribution in [0.3, 0.4) is 0 Å². The van der Waals surface area contributed by atoms with Crippen molar-refractivity contribution < 1.29 is 0 Å². The van der Waals surface area contributed by atoms with Gasteiger partial charge in [-0.25, -0.2) is 4.98 Å². The third kappa shape index (κ3) is 2.08. The van der Waals surface area contributed by atoms with E-state index >= 15 is 0 Å². The van der Waals surface area contributed by atoms with Crippen LogP contribution in [0.2, 0.25) is 5.02 Å². The lowest BCUT2D eigenvalue weighted by Crippen LogP contribution is -1.92. The zero-order valence-electron chi connectivity index (χ0n) is 8.24. The summed E-state index contributed by atoms with van der Waals surface area (Å²) in [7, 11) is 0. The van der Waals surface area contributed by atoms with E-state index in [2.05, 4.69) is 20.9 Å². The van der Waals surface area contributed by atoms with Crippen molar-refractivity contribution in [2.75, 3.05) is 0 Å². The van der Waals surface area contributed by atoms with Gasteiger partial charge < -0.3 is 4.57 Å². The van der Waals surface area contributed by atoms with Gasteiger partial charge in [-0.05, 0) is 18.6 Å². The third-order valence-corrected chi connectivity index (χ3v) is 3.29. The minimum Gasteiger partial charge on any atom is -0.304 e. The zero-order chi connectivity index (χ0) is 10.8. The summed E-state index contributed by atoms with van der Waals surface area (Å²) in [6, 6.07) is 5.97. The summed E-state index contributed by atoms with van der Waals surface area (Å²) in [5.74, 6) is 0. The van der Waals surface area contributed by atoms with Gasteiger partial charge in [-0.2, -0.15) is 0 Å². The average Bonchev–Trinajstić information content (AvgIpc) is 2.70. The summed E-state index contributed by atoms with van der Waals surface area (Å²) in [5.41, 5.74) is 3.03. The predicted octanol–water partition coefficient (Wildman–Crippen LogP) is 3.73. The van der Waals surface area contributed by atoms with E-state index in [0.29, 0.717) is 0 Å². The van der Waals surface area contributed by atoms with E-state index < -0.39 is 0 Å². The Balaban J connectivity index is 2.49. The first-order valence-electron chi connectivity index (χ1n) is 4.56. The van der Waals surface area contributed by atoms with Crippen LogP contribution in [-0.4, -0.2) is 9.55 Å². The molecule has 1 aromatic heterocycles. The molecule has 0 saturated heterocycles. The minimum absolute atomic E-state index is 0.753. The minimum atomic E-state index is 0.753. The molecule has 0 fully saturated rings. The molecule has 0 aliphatic rings. The van der Waals surface area contributed by atoms with E-state index in [1.54, 1.807) is 6.33 Å². The lowest BCUT2D eigenvalue weighted by molar-refractivity contribution is 1.05. The van der Waals surface area contributed by atoms with Crippen molar-refractivity contribution in [2.24, 2.45) is 0 Å². The molecule has 0 radical (unpaired) electrons. The monoisotopic (exact) mass is 284 g/mol. The lowest BCUT2D eigenvalue weighted by atomic mass is 10.2. The van der Waals surface area contributed by atoms with Crippen molar-refractivity contribution in [3.05, 3.63) is 47.0 Å². The van der Waals surface area contributed by atoms with E-state index in [4.69, 9.17) is 11.6 Å². The van der Waals surface area contributed by atoms with Crippen molar-refractivity contribution in [3.63, 3.8) is 0 Å². The molecular weight excluding hydrogens is 275 g/mol. The second kappa shape index (κ2) is 4.37. The summed E-state index contributed by atoms with van der Waals surface area (Å²) < 4.78 is 1.94. The molecule has 0 saturated carbocycles. The number of hydrogen-bond donors (Lipinski definition) is 0. The highest BCUT2D eigenvalue weighted by Gasteiger charge is 2.05. The average molecular weight is 286 g/mol. The molecule has 2 rings (SSSR count). The van der Waals surface area contributed by atoms with E-state index in [1.807, 2.05) is 35.9 Å². The van der Waals surface area contributed by atoms with Crippen LogP contribution in [-0.2, 0) is 5.33 Å². The molecule has 0 atom stereocenters. The van der Waals surface area contributed by atoms with Crippen LogP contribution in [0.25, 0.3) is 5.69 Å². The molecular formula is C11H10BrClN2. The van der Waals surface area contributed by atoms with Gasteiger partial charge in [0.1, 0.15) is 0 Å². The SMILES string of the molecule is Cc1cccc(-n2cnc(CBr)c2)c1Cl. The molecule has 4 heteroatoms. The molecule has 0 aliphatic carbocycles. The smallest absolute Gasteiger partial charge is 0.0996 e. The Kier molecular flexibility index (Phi) is 3.12. The number of nitrogens with zero attached hydrogens (tertiary/aromatic N) is 2. The number of imidazole rings is 1. The molecule has 2 nitrogen and oxygen atoms in total. The summed E-state index contributed by atoms with van der Waals surface area (Å²) >= 11 is 9.59. The summed E-state index contributed by atoms with van der Waals surface area (Å²) in [5, 5.41) is 1.53. The standard InChI is InChI=1S/C11H10BrClN2/c1-8-3-2-4-10(11(8)13)15-6-9(5-12)14-7-15/h2-4,6-7H,5H2,1H3. The van der Waals surface area contributed by atoms with Gasteiger partial charge in [-0.3, -0.25) is 0 Å².